The van der Waals surface area contributed by atoms with Gasteiger partial charge in [-0.2, -0.15) is 23.0 Å². The summed E-state index contributed by atoms with van der Waals surface area (Å²) in [6.07, 6.45) is -2.73. The number of hydrogen-bond acceptors (Lipinski definition) is 7. The van der Waals surface area contributed by atoms with Gasteiger partial charge in [0.15, 0.2) is 22.9 Å². The molecule has 40 heavy (non-hydrogen) atoms. The minimum Gasteiger partial charge on any atom is -0.426 e. The number of benzene rings is 1. The third kappa shape index (κ3) is 5.23. The number of anilines is 1. The van der Waals surface area contributed by atoms with E-state index in [1.165, 1.54) is 10.9 Å². The number of halogens is 5. The van der Waals surface area contributed by atoms with Gasteiger partial charge < -0.3 is 24.9 Å². The van der Waals surface area contributed by atoms with Gasteiger partial charge in [0.25, 0.3) is 11.8 Å². The molecular weight excluding hydrogens is 547 g/mol. The fourth-order valence-electron chi connectivity index (χ4n) is 4.51. The maximum atomic E-state index is 14.3. The molecule has 2 aliphatic rings. The third-order valence-electron chi connectivity index (χ3n) is 6.46. The molecule has 16 heteroatoms. The lowest BCUT2D eigenvalue weighted by molar-refractivity contribution is -0.150. The molecule has 4 heterocycles. The Morgan fingerprint density at radius 3 is 2.40 bits per heavy atom. The molecule has 0 saturated carbocycles. The Kier molecular flexibility index (Phi) is 7.46. The predicted molar refractivity (Wildman–Crippen MR) is 126 cm³/mol. The third-order valence-corrected chi connectivity index (χ3v) is 6.46. The Hall–Kier alpha value is -4.05. The van der Waals surface area contributed by atoms with Gasteiger partial charge in [-0.25, -0.2) is 18.4 Å². The number of amides is 2. The average molecular weight is 570 g/mol. The number of morpholine rings is 1. The molecule has 3 aromatic rings. The summed E-state index contributed by atoms with van der Waals surface area (Å²) in [6.45, 7) is 0.593. The summed E-state index contributed by atoms with van der Waals surface area (Å²) in [7, 11) is 0. The first-order valence-corrected chi connectivity index (χ1v) is 12.3. The van der Waals surface area contributed by atoms with Crippen LogP contribution in [0.5, 0.6) is 0 Å². The zero-order valence-corrected chi connectivity index (χ0v) is 20.7. The summed E-state index contributed by atoms with van der Waals surface area (Å²) in [5.41, 5.74) is -4.61. The first-order valence-electron chi connectivity index (χ1n) is 12.3. The SMILES string of the molecule is O=C(Nc1cn(C2CCCCO2)nc1-c1nc(C(=O)N2CCOCC2)c(C(F)(F)F)n1O)c1c(F)cccc1F. The van der Waals surface area contributed by atoms with Gasteiger partial charge in [-0.05, 0) is 31.4 Å². The number of rotatable bonds is 5. The first-order chi connectivity index (χ1) is 19.1. The number of imidazole rings is 1. The minimum atomic E-state index is -5.22. The van der Waals surface area contributed by atoms with Crippen molar-refractivity contribution in [1.82, 2.24) is 24.4 Å². The molecule has 0 bridgehead atoms. The van der Waals surface area contributed by atoms with Crippen LogP contribution in [0.25, 0.3) is 11.5 Å². The number of carbonyl (C=O) groups is 2. The normalized spacial score (nSPS) is 18.1. The van der Waals surface area contributed by atoms with E-state index in [2.05, 4.69) is 15.4 Å². The second-order valence-electron chi connectivity index (χ2n) is 9.09. The predicted octanol–water partition coefficient (Wildman–Crippen LogP) is 3.70. The molecule has 2 aromatic heterocycles. The Balaban J connectivity index is 1.61. The standard InChI is InChI=1S/C24H23F5N6O5/c25-13-4-3-5-14(26)17(13)22(36)30-15-12-34(16-6-1-2-9-40-16)32-18(15)21-31-19(20(35(21)38)24(27,28)29)23(37)33-7-10-39-11-8-33/h3-5,12,16,38H,1-2,6-11H2,(H,30,36). The van der Waals surface area contributed by atoms with Crippen molar-refractivity contribution in [3.8, 4) is 11.5 Å². The molecule has 214 valence electrons. The van der Waals surface area contributed by atoms with Gasteiger partial charge in [0.1, 0.15) is 23.4 Å². The van der Waals surface area contributed by atoms with Crippen LogP contribution < -0.4 is 5.32 Å². The van der Waals surface area contributed by atoms with Gasteiger partial charge in [-0.3, -0.25) is 9.59 Å². The average Bonchev–Trinajstić information content (AvgIpc) is 3.49. The number of carbonyl (C=O) groups excluding carboxylic acids is 2. The summed E-state index contributed by atoms with van der Waals surface area (Å²) < 4.78 is 82.4. The van der Waals surface area contributed by atoms with Crippen LogP contribution >= 0.6 is 0 Å². The van der Waals surface area contributed by atoms with E-state index >= 15 is 0 Å². The molecule has 1 aromatic carbocycles. The molecular formula is C24H23F5N6O5. The number of ether oxygens (including phenoxy) is 2. The largest absolute Gasteiger partial charge is 0.437 e. The molecule has 0 aliphatic carbocycles. The molecule has 2 N–H and O–H groups in total. The number of aromatic nitrogens is 4. The Morgan fingerprint density at radius 1 is 1.07 bits per heavy atom. The van der Waals surface area contributed by atoms with Crippen molar-refractivity contribution < 1.29 is 46.2 Å². The maximum Gasteiger partial charge on any atom is 0.437 e. The Bertz CT molecular complexity index is 1410. The summed E-state index contributed by atoms with van der Waals surface area (Å²) in [5.74, 6) is -5.55. The van der Waals surface area contributed by atoms with Crippen molar-refractivity contribution in [2.24, 2.45) is 0 Å². The lowest BCUT2D eigenvalue weighted by Crippen LogP contribution is -2.41. The highest BCUT2D eigenvalue weighted by Crippen LogP contribution is 2.37. The van der Waals surface area contributed by atoms with Crippen LogP contribution in [0.15, 0.2) is 24.4 Å². The molecule has 5 rings (SSSR count). The molecule has 2 saturated heterocycles. The number of hydrogen-bond donors (Lipinski definition) is 2. The molecule has 1 unspecified atom stereocenters. The van der Waals surface area contributed by atoms with Crippen molar-refractivity contribution in [1.29, 1.82) is 0 Å². The van der Waals surface area contributed by atoms with Gasteiger partial charge in [0.05, 0.1) is 25.1 Å². The molecule has 0 radical (unpaired) electrons. The van der Waals surface area contributed by atoms with Gasteiger partial charge in [0, 0.05) is 19.7 Å². The minimum absolute atomic E-state index is 0.00685. The molecule has 2 aliphatic heterocycles. The lowest BCUT2D eigenvalue weighted by Gasteiger charge is -2.26. The van der Waals surface area contributed by atoms with Crippen molar-refractivity contribution in [2.45, 2.75) is 31.7 Å². The number of alkyl halides is 3. The van der Waals surface area contributed by atoms with Gasteiger partial charge in [-0.1, -0.05) is 6.07 Å². The van der Waals surface area contributed by atoms with Crippen molar-refractivity contribution in [2.75, 3.05) is 38.2 Å². The maximum absolute atomic E-state index is 14.3. The number of nitrogens with zero attached hydrogens (tertiary/aromatic N) is 5. The highest BCUT2D eigenvalue weighted by atomic mass is 19.4. The van der Waals surface area contributed by atoms with E-state index in [0.29, 0.717) is 13.0 Å². The van der Waals surface area contributed by atoms with Crippen molar-refractivity contribution >= 4 is 17.5 Å². The van der Waals surface area contributed by atoms with Crippen molar-refractivity contribution in [3.63, 3.8) is 0 Å². The van der Waals surface area contributed by atoms with Gasteiger partial charge >= 0.3 is 6.18 Å². The lowest BCUT2D eigenvalue weighted by atomic mass is 10.2. The van der Waals surface area contributed by atoms with Crippen LogP contribution in [0.3, 0.4) is 0 Å². The van der Waals surface area contributed by atoms with E-state index < -0.39 is 64.3 Å². The van der Waals surface area contributed by atoms with Crippen LogP contribution in [0.4, 0.5) is 27.6 Å². The topological polar surface area (TPSA) is 124 Å². The quantitative estimate of drug-likeness (QED) is 0.354. The van der Waals surface area contributed by atoms with Crippen LogP contribution in [0.2, 0.25) is 0 Å². The fourth-order valence-corrected chi connectivity index (χ4v) is 4.51. The van der Waals surface area contributed by atoms with E-state index in [9.17, 15) is 36.7 Å². The van der Waals surface area contributed by atoms with Crippen molar-refractivity contribution in [3.05, 3.63) is 53.0 Å². The highest BCUT2D eigenvalue weighted by molar-refractivity contribution is 6.06. The van der Waals surface area contributed by atoms with Crippen LogP contribution in [0, 0.1) is 11.6 Å². The Morgan fingerprint density at radius 2 is 1.77 bits per heavy atom. The van der Waals surface area contributed by atoms with Crippen LogP contribution in [0.1, 0.15) is 52.0 Å². The second kappa shape index (κ2) is 10.8. The summed E-state index contributed by atoms with van der Waals surface area (Å²) in [6, 6.07) is 2.77. The summed E-state index contributed by atoms with van der Waals surface area (Å²) >= 11 is 0. The molecule has 11 nitrogen and oxygen atoms in total. The molecule has 2 amide bonds. The van der Waals surface area contributed by atoms with E-state index in [1.54, 1.807) is 0 Å². The van der Waals surface area contributed by atoms with Crippen LogP contribution in [-0.2, 0) is 15.7 Å². The zero-order chi connectivity index (χ0) is 28.6. The smallest absolute Gasteiger partial charge is 0.426 e. The zero-order valence-electron chi connectivity index (χ0n) is 20.7. The van der Waals surface area contributed by atoms with E-state index in [-0.39, 0.29) is 36.7 Å². The van der Waals surface area contributed by atoms with Gasteiger partial charge in [0.2, 0.25) is 0 Å². The van der Waals surface area contributed by atoms with E-state index in [1.807, 2.05) is 0 Å². The molecule has 0 spiro atoms. The highest BCUT2D eigenvalue weighted by Gasteiger charge is 2.44. The Labute approximate surface area is 223 Å². The second-order valence-corrected chi connectivity index (χ2v) is 9.09. The fraction of sp³-hybridized carbons (Fsp3) is 0.417. The molecule has 2 fully saturated rings. The molecule has 1 atom stereocenters. The monoisotopic (exact) mass is 570 g/mol. The van der Waals surface area contributed by atoms with Gasteiger partial charge in [-0.15, -0.1) is 0 Å². The van der Waals surface area contributed by atoms with E-state index in [0.717, 1.165) is 35.9 Å². The van der Waals surface area contributed by atoms with E-state index in [4.69, 9.17) is 9.47 Å². The first kappa shape index (κ1) is 27.5. The van der Waals surface area contributed by atoms with Crippen LogP contribution in [-0.4, -0.2) is 74.3 Å². The summed E-state index contributed by atoms with van der Waals surface area (Å²) in [5, 5.41) is 17.1. The number of nitrogens with one attached hydrogen (secondary N) is 1. The summed E-state index contributed by atoms with van der Waals surface area (Å²) in [4.78, 5) is 30.8.